The molecule has 0 amide bonds. The summed E-state index contributed by atoms with van der Waals surface area (Å²) in [6.07, 6.45) is 8.11. The Morgan fingerprint density at radius 2 is 1.16 bits per heavy atom. The summed E-state index contributed by atoms with van der Waals surface area (Å²) in [5.74, 6) is 0. The van der Waals surface area contributed by atoms with Crippen molar-refractivity contribution in [1.29, 1.82) is 0 Å². The summed E-state index contributed by atoms with van der Waals surface area (Å²) in [5.41, 5.74) is 19.5. The monoisotopic (exact) mass is 741 g/mol. The van der Waals surface area contributed by atoms with Crippen LogP contribution in [0.5, 0.6) is 0 Å². The summed E-state index contributed by atoms with van der Waals surface area (Å²) in [7, 11) is 0. The van der Waals surface area contributed by atoms with E-state index in [1.165, 1.54) is 61.0 Å². The van der Waals surface area contributed by atoms with E-state index in [2.05, 4.69) is 212 Å². The highest BCUT2D eigenvalue weighted by molar-refractivity contribution is 6.16. The molecule has 0 radical (unpaired) electrons. The van der Waals surface area contributed by atoms with Gasteiger partial charge in [-0.05, 0) is 122 Å². The third kappa shape index (κ3) is 4.92. The maximum Gasteiger partial charge on any atom is 0.136 e. The molecular weight excluding hydrogens is 703 g/mol. The van der Waals surface area contributed by atoms with Gasteiger partial charge in [0.15, 0.2) is 0 Å². The highest BCUT2D eigenvalue weighted by Gasteiger charge is 2.52. The quantitative estimate of drug-likeness (QED) is 0.151. The Morgan fingerprint density at radius 1 is 0.534 bits per heavy atom. The lowest BCUT2D eigenvalue weighted by Gasteiger charge is -2.32. The van der Waals surface area contributed by atoms with Crippen molar-refractivity contribution < 1.29 is 4.42 Å². The number of nitrogens with zero attached hydrogens (tertiary/aromatic N) is 1. The topological polar surface area (TPSA) is 16.4 Å². The van der Waals surface area contributed by atoms with Gasteiger partial charge >= 0.3 is 0 Å². The zero-order chi connectivity index (χ0) is 38.8. The van der Waals surface area contributed by atoms with Crippen molar-refractivity contribution in [2.45, 2.75) is 12.3 Å². The van der Waals surface area contributed by atoms with Crippen LogP contribution in [-0.2, 0) is 5.41 Å². The minimum atomic E-state index is -0.524. The van der Waals surface area contributed by atoms with E-state index in [-0.39, 0.29) is 0 Å². The van der Waals surface area contributed by atoms with Crippen LogP contribution in [0.4, 0.5) is 17.1 Å². The van der Waals surface area contributed by atoms with Crippen molar-refractivity contribution in [3.8, 4) is 33.4 Å². The van der Waals surface area contributed by atoms with Crippen LogP contribution in [0.2, 0.25) is 0 Å². The molecule has 0 N–H and O–H groups in total. The maximum absolute atomic E-state index is 6.54. The van der Waals surface area contributed by atoms with Gasteiger partial charge in [0, 0.05) is 27.8 Å². The molecule has 0 saturated heterocycles. The number of anilines is 3. The number of hydrogen-bond acceptors (Lipinski definition) is 2. The maximum atomic E-state index is 6.54. The lowest BCUT2D eigenvalue weighted by molar-refractivity contribution is 0.668. The molecule has 1 spiro atoms. The Labute approximate surface area is 339 Å². The molecule has 2 aliphatic carbocycles. The minimum absolute atomic E-state index is 0.524. The second-order valence-electron chi connectivity index (χ2n) is 15.2. The molecule has 0 fully saturated rings. The first-order valence-corrected chi connectivity index (χ1v) is 20.0. The normalized spacial score (nSPS) is 13.5. The van der Waals surface area contributed by atoms with Crippen LogP contribution >= 0.6 is 0 Å². The van der Waals surface area contributed by atoms with Gasteiger partial charge in [-0.2, -0.15) is 0 Å². The van der Waals surface area contributed by atoms with Gasteiger partial charge in [-0.15, -0.1) is 0 Å². The van der Waals surface area contributed by atoms with Gasteiger partial charge in [-0.25, -0.2) is 0 Å². The third-order valence-corrected chi connectivity index (χ3v) is 12.2. The largest absolute Gasteiger partial charge is 0.456 e. The number of allylic oxidation sites excluding steroid dienone is 5. The van der Waals surface area contributed by atoms with E-state index >= 15 is 0 Å². The first-order valence-electron chi connectivity index (χ1n) is 20.0. The van der Waals surface area contributed by atoms with Gasteiger partial charge < -0.3 is 9.32 Å². The molecule has 2 nitrogen and oxygen atoms in total. The number of para-hydroxylation sites is 1. The molecule has 0 atom stereocenters. The number of rotatable bonds is 7. The van der Waals surface area contributed by atoms with Gasteiger partial charge in [0.05, 0.1) is 5.41 Å². The van der Waals surface area contributed by atoms with Crippen LogP contribution in [0.1, 0.15) is 34.7 Å². The predicted octanol–water partition coefficient (Wildman–Crippen LogP) is 15.2. The van der Waals surface area contributed by atoms with Crippen LogP contribution in [0.15, 0.2) is 217 Å². The Morgan fingerprint density at radius 3 is 1.86 bits per heavy atom. The fourth-order valence-electron chi connectivity index (χ4n) is 9.81. The number of hydrogen-bond donors (Lipinski definition) is 0. The van der Waals surface area contributed by atoms with Crippen LogP contribution in [-0.4, -0.2) is 0 Å². The number of benzene rings is 8. The first-order chi connectivity index (χ1) is 28.7. The average Bonchev–Trinajstić information content (AvgIpc) is 3.91. The molecular formula is C56H39NO. The standard InChI is InChI=1S/C56H39NO/c1-3-14-37(15-4-2)39-24-28-41(29-25-39)57(42-30-26-40(27-31-42)38-16-6-5-7-17-38)43-32-33-46-51(36-43)56(48-21-11-8-18-44(48)45-19-9-12-22-49(45)56)50-34-35-53-55(54(46)50)47-20-10-13-23-52(47)58-53/h3-36H,1H2,2H3/b15-4-,37-14+. The van der Waals surface area contributed by atoms with Crippen molar-refractivity contribution >= 4 is 44.6 Å². The summed E-state index contributed by atoms with van der Waals surface area (Å²) < 4.78 is 6.54. The Kier molecular flexibility index (Phi) is 7.80. The predicted molar refractivity (Wildman–Crippen MR) is 243 cm³/mol. The van der Waals surface area contributed by atoms with Gasteiger partial charge in [0.2, 0.25) is 0 Å². The fraction of sp³-hybridized carbons (Fsp3) is 0.0357. The SMILES string of the molecule is C=C/C=C(\C=C/C)c1ccc(N(c2ccc(-c3ccccc3)cc2)c2ccc3c(c2)C2(c4ccccc4-c4ccccc42)c2ccc4oc5ccccc5c4c2-3)cc1. The van der Waals surface area contributed by atoms with E-state index in [9.17, 15) is 0 Å². The zero-order valence-corrected chi connectivity index (χ0v) is 32.2. The van der Waals surface area contributed by atoms with Crippen LogP contribution in [0.25, 0.3) is 60.9 Å². The number of fused-ring (bicyclic) bond motifs is 14. The molecule has 11 rings (SSSR count). The van der Waals surface area contributed by atoms with Crippen molar-refractivity contribution in [3.63, 3.8) is 0 Å². The Bertz CT molecular complexity index is 3080. The van der Waals surface area contributed by atoms with E-state index in [0.717, 1.165) is 44.8 Å². The molecule has 0 saturated carbocycles. The highest BCUT2D eigenvalue weighted by atomic mass is 16.3. The van der Waals surface area contributed by atoms with Gasteiger partial charge in [0.25, 0.3) is 0 Å². The lowest BCUT2D eigenvalue weighted by atomic mass is 9.70. The molecule has 8 aromatic carbocycles. The van der Waals surface area contributed by atoms with Crippen LogP contribution in [0.3, 0.4) is 0 Å². The third-order valence-electron chi connectivity index (χ3n) is 12.2. The molecule has 9 aromatic rings. The van der Waals surface area contributed by atoms with Crippen LogP contribution in [0, 0.1) is 0 Å². The lowest BCUT2D eigenvalue weighted by Crippen LogP contribution is -2.26. The van der Waals surface area contributed by atoms with Gasteiger partial charge in [-0.3, -0.25) is 0 Å². The molecule has 58 heavy (non-hydrogen) atoms. The van der Waals surface area contributed by atoms with E-state index in [4.69, 9.17) is 4.42 Å². The Hall–Kier alpha value is -7.42. The van der Waals surface area contributed by atoms with E-state index in [1.54, 1.807) is 0 Å². The van der Waals surface area contributed by atoms with E-state index < -0.39 is 5.41 Å². The highest BCUT2D eigenvalue weighted by Crippen LogP contribution is 2.64. The second-order valence-corrected chi connectivity index (χ2v) is 15.2. The smallest absolute Gasteiger partial charge is 0.136 e. The summed E-state index contributed by atoms with van der Waals surface area (Å²) in [4.78, 5) is 2.40. The minimum Gasteiger partial charge on any atom is -0.456 e. The van der Waals surface area contributed by atoms with Gasteiger partial charge in [0.1, 0.15) is 11.2 Å². The van der Waals surface area contributed by atoms with E-state index in [0.29, 0.717) is 0 Å². The molecule has 1 heterocycles. The summed E-state index contributed by atoms with van der Waals surface area (Å²) >= 11 is 0. The molecule has 1 aromatic heterocycles. The molecule has 0 aliphatic heterocycles. The van der Waals surface area contributed by atoms with Crippen molar-refractivity contribution in [3.05, 3.63) is 241 Å². The average molecular weight is 742 g/mol. The first kappa shape index (κ1) is 33.9. The van der Waals surface area contributed by atoms with Crippen LogP contribution < -0.4 is 4.90 Å². The number of furan rings is 1. The molecule has 0 unspecified atom stereocenters. The van der Waals surface area contributed by atoms with Crippen molar-refractivity contribution in [1.82, 2.24) is 0 Å². The summed E-state index contributed by atoms with van der Waals surface area (Å²) in [6, 6.07) is 66.6. The van der Waals surface area contributed by atoms with Gasteiger partial charge in [-0.1, -0.05) is 164 Å². The zero-order valence-electron chi connectivity index (χ0n) is 32.2. The Balaban J connectivity index is 1.18. The van der Waals surface area contributed by atoms with Crippen molar-refractivity contribution in [2.24, 2.45) is 0 Å². The van der Waals surface area contributed by atoms with E-state index in [1.807, 2.05) is 13.0 Å². The summed E-state index contributed by atoms with van der Waals surface area (Å²) in [5, 5.41) is 2.32. The second kappa shape index (κ2) is 13.4. The molecule has 2 aliphatic rings. The molecule has 274 valence electrons. The molecule has 0 bridgehead atoms. The molecule has 2 heteroatoms. The fourth-order valence-corrected chi connectivity index (χ4v) is 9.81. The summed E-state index contributed by atoms with van der Waals surface area (Å²) in [6.45, 7) is 6.02. The van der Waals surface area contributed by atoms with Crippen molar-refractivity contribution in [2.75, 3.05) is 4.90 Å².